The van der Waals surface area contributed by atoms with Crippen molar-refractivity contribution in [1.82, 2.24) is 4.90 Å². The van der Waals surface area contributed by atoms with Gasteiger partial charge in [0, 0.05) is 17.5 Å². The molecule has 1 heterocycles. The molecule has 1 atom stereocenters. The maximum Gasteiger partial charge on any atom is 0.310 e. The normalized spacial score (nSPS) is 17.3. The molecule has 5 heteroatoms. The zero-order valence-corrected chi connectivity index (χ0v) is 11.8. The molecule has 0 unspecified atom stereocenters. The molecule has 0 radical (unpaired) electrons. The summed E-state index contributed by atoms with van der Waals surface area (Å²) in [6.45, 7) is 5.08. The lowest BCUT2D eigenvalue weighted by molar-refractivity contribution is -0.164. The van der Waals surface area contributed by atoms with E-state index in [9.17, 15) is 14.4 Å². The lowest BCUT2D eigenvalue weighted by Crippen LogP contribution is -2.36. The maximum absolute atomic E-state index is 12.3. The van der Waals surface area contributed by atoms with E-state index in [0.29, 0.717) is 11.1 Å². The molecule has 1 aliphatic rings. The van der Waals surface area contributed by atoms with Crippen LogP contribution in [-0.2, 0) is 14.3 Å². The number of nitrogens with zero attached hydrogens (tertiary/aromatic N) is 1. The minimum atomic E-state index is -0.943. The molecule has 0 N–H and O–H groups in total. The molecule has 20 heavy (non-hydrogen) atoms. The number of carbonyl (C=O) groups is 3. The molecule has 1 aromatic carbocycles. The van der Waals surface area contributed by atoms with Crippen molar-refractivity contribution in [3.63, 3.8) is 0 Å². The lowest BCUT2D eigenvalue weighted by Gasteiger charge is -2.23. The van der Waals surface area contributed by atoms with Crippen molar-refractivity contribution >= 4 is 17.8 Å². The van der Waals surface area contributed by atoms with Crippen LogP contribution in [-0.4, -0.2) is 22.7 Å². The van der Waals surface area contributed by atoms with Crippen molar-refractivity contribution in [1.29, 1.82) is 0 Å². The van der Waals surface area contributed by atoms with Crippen LogP contribution in [0.25, 0.3) is 0 Å². The van der Waals surface area contributed by atoms with E-state index in [1.54, 1.807) is 45.0 Å². The molecule has 2 amide bonds. The molecule has 0 bridgehead atoms. The average molecular weight is 275 g/mol. The third-order valence-electron chi connectivity index (χ3n) is 3.18. The van der Waals surface area contributed by atoms with E-state index < -0.39 is 18.1 Å². The first-order valence-electron chi connectivity index (χ1n) is 6.63. The summed E-state index contributed by atoms with van der Waals surface area (Å²) >= 11 is 0. The minimum Gasteiger partial charge on any atom is -0.436 e. The largest absolute Gasteiger partial charge is 0.436 e. The van der Waals surface area contributed by atoms with Gasteiger partial charge in [-0.1, -0.05) is 39.0 Å². The highest BCUT2D eigenvalue weighted by Crippen LogP contribution is 2.35. The second-order valence-corrected chi connectivity index (χ2v) is 4.95. The molecule has 5 nitrogen and oxygen atoms in total. The van der Waals surface area contributed by atoms with Crippen molar-refractivity contribution in [2.75, 3.05) is 0 Å². The summed E-state index contributed by atoms with van der Waals surface area (Å²) in [5, 5.41) is 0. The van der Waals surface area contributed by atoms with Crippen LogP contribution in [0, 0.1) is 5.92 Å². The Balaban J connectivity index is 2.40. The van der Waals surface area contributed by atoms with Gasteiger partial charge in [0.05, 0.1) is 5.92 Å². The summed E-state index contributed by atoms with van der Waals surface area (Å²) in [7, 11) is 0. The van der Waals surface area contributed by atoms with Crippen LogP contribution in [0.3, 0.4) is 0 Å². The Morgan fingerprint density at radius 2 is 1.95 bits per heavy atom. The summed E-state index contributed by atoms with van der Waals surface area (Å²) < 4.78 is 5.35. The van der Waals surface area contributed by atoms with Gasteiger partial charge in [0.1, 0.15) is 0 Å². The molecular weight excluding hydrogens is 258 g/mol. The Morgan fingerprint density at radius 1 is 1.30 bits per heavy atom. The van der Waals surface area contributed by atoms with Gasteiger partial charge in [-0.2, -0.15) is 0 Å². The smallest absolute Gasteiger partial charge is 0.310 e. The van der Waals surface area contributed by atoms with Crippen LogP contribution < -0.4 is 0 Å². The van der Waals surface area contributed by atoms with Crippen LogP contribution in [0.5, 0.6) is 0 Å². The molecule has 0 aliphatic carbocycles. The van der Waals surface area contributed by atoms with Crippen molar-refractivity contribution < 1.29 is 19.1 Å². The summed E-state index contributed by atoms with van der Waals surface area (Å²) in [5.41, 5.74) is 0.976. The van der Waals surface area contributed by atoms with Crippen molar-refractivity contribution in [2.45, 2.75) is 33.4 Å². The highest BCUT2D eigenvalue weighted by atomic mass is 16.6. The first-order valence-corrected chi connectivity index (χ1v) is 6.63. The van der Waals surface area contributed by atoms with E-state index >= 15 is 0 Å². The van der Waals surface area contributed by atoms with E-state index in [1.165, 1.54) is 0 Å². The SMILES string of the molecule is CCC(=O)N1C(=O)c2ccccc2[C@H]1OC(=O)C(C)C. The maximum atomic E-state index is 12.3. The third-order valence-corrected chi connectivity index (χ3v) is 3.18. The predicted octanol–water partition coefficient (Wildman–Crippen LogP) is 2.28. The van der Waals surface area contributed by atoms with Crippen LogP contribution in [0.2, 0.25) is 0 Å². The fourth-order valence-electron chi connectivity index (χ4n) is 2.06. The summed E-state index contributed by atoms with van der Waals surface area (Å²) in [6.07, 6.45) is -0.767. The van der Waals surface area contributed by atoms with Gasteiger partial charge in [0.15, 0.2) is 0 Å². The Hall–Kier alpha value is -2.17. The number of esters is 1. The number of imide groups is 1. The number of amides is 2. The van der Waals surface area contributed by atoms with Gasteiger partial charge in [0.2, 0.25) is 12.1 Å². The molecule has 2 rings (SSSR count). The van der Waals surface area contributed by atoms with Gasteiger partial charge in [-0.3, -0.25) is 14.4 Å². The highest BCUT2D eigenvalue weighted by molar-refractivity contribution is 6.08. The standard InChI is InChI=1S/C15H17NO4/c1-4-12(17)16-13(18)10-7-5-6-8-11(10)14(16)20-15(19)9(2)3/h5-9,14H,4H2,1-3H3/t14-/m1/s1. The molecular formula is C15H17NO4. The van der Waals surface area contributed by atoms with Crippen molar-refractivity contribution in [3.05, 3.63) is 35.4 Å². The minimum absolute atomic E-state index is 0.176. The molecule has 1 aliphatic heterocycles. The van der Waals surface area contributed by atoms with Gasteiger partial charge in [-0.05, 0) is 6.07 Å². The van der Waals surface area contributed by atoms with E-state index in [0.717, 1.165) is 4.90 Å². The predicted molar refractivity (Wildman–Crippen MR) is 71.6 cm³/mol. The van der Waals surface area contributed by atoms with Gasteiger partial charge in [-0.25, -0.2) is 4.90 Å². The van der Waals surface area contributed by atoms with Gasteiger partial charge < -0.3 is 4.74 Å². The highest BCUT2D eigenvalue weighted by Gasteiger charge is 2.42. The van der Waals surface area contributed by atoms with E-state index in [1.807, 2.05) is 0 Å². The van der Waals surface area contributed by atoms with Crippen LogP contribution in [0.15, 0.2) is 24.3 Å². The van der Waals surface area contributed by atoms with Crippen LogP contribution in [0.1, 0.15) is 49.3 Å². The first-order chi connectivity index (χ1) is 9.47. The van der Waals surface area contributed by atoms with Crippen LogP contribution >= 0.6 is 0 Å². The zero-order chi connectivity index (χ0) is 14.9. The zero-order valence-electron chi connectivity index (χ0n) is 11.8. The quantitative estimate of drug-likeness (QED) is 0.794. The number of benzene rings is 1. The van der Waals surface area contributed by atoms with Gasteiger partial charge in [-0.15, -0.1) is 0 Å². The van der Waals surface area contributed by atoms with Gasteiger partial charge in [0.25, 0.3) is 5.91 Å². The average Bonchev–Trinajstić information content (AvgIpc) is 2.71. The fraction of sp³-hybridized carbons (Fsp3) is 0.400. The Morgan fingerprint density at radius 3 is 2.55 bits per heavy atom. The second kappa shape index (κ2) is 5.45. The number of ether oxygens (including phenoxy) is 1. The van der Waals surface area contributed by atoms with Crippen molar-refractivity contribution in [2.24, 2.45) is 5.92 Å². The van der Waals surface area contributed by atoms with E-state index in [4.69, 9.17) is 4.74 Å². The number of fused-ring (bicyclic) bond motifs is 1. The number of carbonyl (C=O) groups excluding carboxylic acids is 3. The van der Waals surface area contributed by atoms with Gasteiger partial charge >= 0.3 is 5.97 Å². The number of hydrogen-bond donors (Lipinski definition) is 0. The molecule has 0 fully saturated rings. The monoisotopic (exact) mass is 275 g/mol. The van der Waals surface area contributed by atoms with Crippen LogP contribution in [0.4, 0.5) is 0 Å². The van der Waals surface area contributed by atoms with Crippen molar-refractivity contribution in [3.8, 4) is 0 Å². The third kappa shape index (κ3) is 2.31. The Bertz CT molecular complexity index is 565. The second-order valence-electron chi connectivity index (χ2n) is 4.95. The first kappa shape index (κ1) is 14.2. The molecule has 0 spiro atoms. The molecule has 0 saturated carbocycles. The molecule has 0 aromatic heterocycles. The number of hydrogen-bond acceptors (Lipinski definition) is 4. The summed E-state index contributed by atoms with van der Waals surface area (Å²) in [4.78, 5) is 37.1. The molecule has 106 valence electrons. The fourth-order valence-corrected chi connectivity index (χ4v) is 2.06. The lowest BCUT2D eigenvalue weighted by atomic mass is 10.1. The van der Waals surface area contributed by atoms with E-state index in [2.05, 4.69) is 0 Å². The number of rotatable bonds is 3. The Kier molecular flexibility index (Phi) is 3.88. The van der Waals surface area contributed by atoms with E-state index in [-0.39, 0.29) is 18.2 Å². The summed E-state index contributed by atoms with van der Waals surface area (Å²) in [6, 6.07) is 6.81. The topological polar surface area (TPSA) is 63.7 Å². The Labute approximate surface area is 117 Å². The molecule has 1 aromatic rings. The summed E-state index contributed by atoms with van der Waals surface area (Å²) in [5.74, 6) is -1.52. The molecule has 0 saturated heterocycles.